The Hall–Kier alpha value is -0.400. The summed E-state index contributed by atoms with van der Waals surface area (Å²) in [6, 6.07) is 0. The van der Waals surface area contributed by atoms with Gasteiger partial charge in [0.25, 0.3) is 10.0 Å². The molecular weight excluding hydrogens is 306 g/mol. The van der Waals surface area contributed by atoms with Crippen molar-refractivity contribution in [2.45, 2.75) is 49.6 Å². The van der Waals surface area contributed by atoms with E-state index in [1.807, 2.05) is 27.7 Å². The summed E-state index contributed by atoms with van der Waals surface area (Å²) in [4.78, 5) is 3.91. The number of nitrogens with one attached hydrogen (secondary N) is 1. The fraction of sp³-hybridized carbons (Fsp3) is 0.700. The van der Waals surface area contributed by atoms with Gasteiger partial charge in [0.2, 0.25) is 0 Å². The molecule has 0 aromatic carbocycles. The predicted octanol–water partition coefficient (Wildman–Crippen LogP) is 1.74. The maximum absolute atomic E-state index is 12.1. The molecule has 0 saturated heterocycles. The van der Waals surface area contributed by atoms with Crippen LogP contribution in [-0.4, -0.2) is 28.3 Å². The Bertz CT molecular complexity index is 479. The maximum atomic E-state index is 12.1. The lowest BCUT2D eigenvalue weighted by Crippen LogP contribution is -2.48. The first-order valence-corrected chi connectivity index (χ1v) is 7.78. The van der Waals surface area contributed by atoms with Crippen molar-refractivity contribution in [2.24, 2.45) is 0 Å². The Kier molecular flexibility index (Phi) is 4.38. The number of imidazole rings is 1. The van der Waals surface area contributed by atoms with Gasteiger partial charge in [-0.15, -0.1) is 0 Å². The molecule has 1 unspecified atom stereocenters. The number of aromatic nitrogens is 2. The summed E-state index contributed by atoms with van der Waals surface area (Å²) in [6.07, 6.45) is 3.04. The largest absolute Gasteiger partial charge is 0.336 e. The summed E-state index contributed by atoms with van der Waals surface area (Å²) in [5.41, 5.74) is -0.575. The molecule has 0 saturated carbocycles. The molecular formula is C10H18BrN3O2S. The second kappa shape index (κ2) is 5.07. The summed E-state index contributed by atoms with van der Waals surface area (Å²) in [7, 11) is -3.56. The number of halogens is 1. The molecule has 17 heavy (non-hydrogen) atoms. The number of alkyl halides is 1. The Balaban J connectivity index is 2.97. The summed E-state index contributed by atoms with van der Waals surface area (Å²) in [6.45, 7) is 8.16. The van der Waals surface area contributed by atoms with Crippen molar-refractivity contribution in [1.82, 2.24) is 14.3 Å². The third kappa shape index (κ3) is 3.53. The van der Waals surface area contributed by atoms with Gasteiger partial charge in [-0.05, 0) is 20.8 Å². The van der Waals surface area contributed by atoms with E-state index in [9.17, 15) is 8.42 Å². The van der Waals surface area contributed by atoms with Crippen molar-refractivity contribution in [1.29, 1.82) is 0 Å². The zero-order valence-corrected chi connectivity index (χ0v) is 12.8. The van der Waals surface area contributed by atoms with E-state index in [1.54, 1.807) is 4.57 Å². The molecule has 0 aliphatic rings. The molecule has 0 amide bonds. The van der Waals surface area contributed by atoms with Gasteiger partial charge in [-0.3, -0.25) is 0 Å². The highest BCUT2D eigenvalue weighted by Crippen LogP contribution is 2.19. The second-order valence-corrected chi connectivity index (χ2v) is 7.49. The zero-order valence-electron chi connectivity index (χ0n) is 10.4. The van der Waals surface area contributed by atoms with Crippen molar-refractivity contribution in [3.05, 3.63) is 12.5 Å². The molecule has 1 N–H and O–H groups in total. The van der Waals surface area contributed by atoms with Crippen LogP contribution < -0.4 is 4.72 Å². The number of hydrogen-bond donors (Lipinski definition) is 1. The molecule has 0 radical (unpaired) electrons. The summed E-state index contributed by atoms with van der Waals surface area (Å²) in [5, 5.41) is 0.0561. The molecule has 1 atom stereocenters. The standard InChI is InChI=1S/C10H18BrN3O2S/c1-5-14-6-9(12-7-14)17(15,16)13-10(3,4)8(2)11/h6-8,13H,5H2,1-4H3. The van der Waals surface area contributed by atoms with Crippen LogP contribution in [-0.2, 0) is 16.6 Å². The Morgan fingerprint density at radius 3 is 2.59 bits per heavy atom. The predicted molar refractivity (Wildman–Crippen MR) is 70.7 cm³/mol. The lowest BCUT2D eigenvalue weighted by atomic mass is 10.0. The van der Waals surface area contributed by atoms with Crippen LogP contribution in [0.5, 0.6) is 0 Å². The molecule has 0 fully saturated rings. The van der Waals surface area contributed by atoms with E-state index >= 15 is 0 Å². The van der Waals surface area contributed by atoms with E-state index in [1.165, 1.54) is 12.5 Å². The van der Waals surface area contributed by atoms with Gasteiger partial charge >= 0.3 is 0 Å². The first-order valence-electron chi connectivity index (χ1n) is 5.39. The van der Waals surface area contributed by atoms with Crippen LogP contribution in [0.2, 0.25) is 0 Å². The Morgan fingerprint density at radius 2 is 2.18 bits per heavy atom. The average molecular weight is 324 g/mol. The smallest absolute Gasteiger partial charge is 0.260 e. The monoisotopic (exact) mass is 323 g/mol. The summed E-state index contributed by atoms with van der Waals surface area (Å²) >= 11 is 3.39. The van der Waals surface area contributed by atoms with Crippen molar-refractivity contribution in [3.8, 4) is 0 Å². The van der Waals surface area contributed by atoms with E-state index in [2.05, 4.69) is 25.6 Å². The van der Waals surface area contributed by atoms with Gasteiger partial charge in [0.1, 0.15) is 0 Å². The van der Waals surface area contributed by atoms with Gasteiger partial charge in [-0.25, -0.2) is 18.1 Å². The van der Waals surface area contributed by atoms with Crippen molar-refractivity contribution in [2.75, 3.05) is 0 Å². The van der Waals surface area contributed by atoms with E-state index in [-0.39, 0.29) is 9.85 Å². The third-order valence-corrected chi connectivity index (χ3v) is 5.34. The summed E-state index contributed by atoms with van der Waals surface area (Å²) < 4.78 is 28.5. The number of nitrogens with zero attached hydrogens (tertiary/aromatic N) is 2. The Morgan fingerprint density at radius 1 is 1.59 bits per heavy atom. The molecule has 1 heterocycles. The molecule has 0 spiro atoms. The topological polar surface area (TPSA) is 64.0 Å². The number of sulfonamides is 1. The lowest BCUT2D eigenvalue weighted by molar-refractivity contribution is 0.453. The van der Waals surface area contributed by atoms with Crippen LogP contribution in [0.4, 0.5) is 0 Å². The molecule has 1 rings (SSSR count). The molecule has 1 aromatic heterocycles. The molecule has 1 aromatic rings. The highest BCUT2D eigenvalue weighted by Gasteiger charge is 2.31. The minimum atomic E-state index is -3.56. The van der Waals surface area contributed by atoms with Crippen molar-refractivity contribution < 1.29 is 8.42 Å². The third-order valence-electron chi connectivity index (χ3n) is 2.64. The van der Waals surface area contributed by atoms with Gasteiger partial charge in [0, 0.05) is 23.1 Å². The van der Waals surface area contributed by atoms with Gasteiger partial charge in [-0.2, -0.15) is 0 Å². The molecule has 0 aliphatic carbocycles. The van der Waals surface area contributed by atoms with E-state index in [0.29, 0.717) is 6.54 Å². The molecule has 0 bridgehead atoms. The van der Waals surface area contributed by atoms with Crippen molar-refractivity contribution in [3.63, 3.8) is 0 Å². The number of aryl methyl sites for hydroxylation is 1. The fourth-order valence-electron chi connectivity index (χ4n) is 1.13. The minimum Gasteiger partial charge on any atom is -0.336 e. The Labute approximate surface area is 111 Å². The zero-order chi connectivity index (χ0) is 13.3. The lowest BCUT2D eigenvalue weighted by Gasteiger charge is -2.28. The molecule has 7 heteroatoms. The second-order valence-electron chi connectivity index (χ2n) is 4.49. The highest BCUT2D eigenvalue weighted by atomic mass is 79.9. The van der Waals surface area contributed by atoms with Gasteiger partial charge in [0.15, 0.2) is 5.03 Å². The van der Waals surface area contributed by atoms with Gasteiger partial charge in [0.05, 0.1) is 6.33 Å². The van der Waals surface area contributed by atoms with Crippen LogP contribution in [0.25, 0.3) is 0 Å². The normalized spacial score (nSPS) is 14.9. The van der Waals surface area contributed by atoms with Crippen LogP contribution >= 0.6 is 15.9 Å². The fourth-order valence-corrected chi connectivity index (χ4v) is 2.83. The first-order chi connectivity index (χ1) is 7.69. The quantitative estimate of drug-likeness (QED) is 0.839. The van der Waals surface area contributed by atoms with Crippen LogP contribution in [0.1, 0.15) is 27.7 Å². The van der Waals surface area contributed by atoms with E-state index < -0.39 is 15.6 Å². The SMILES string of the molecule is CCn1cnc(S(=O)(=O)NC(C)(C)C(C)Br)c1. The van der Waals surface area contributed by atoms with Crippen LogP contribution in [0, 0.1) is 0 Å². The molecule has 0 aliphatic heterocycles. The average Bonchev–Trinajstić information content (AvgIpc) is 2.64. The summed E-state index contributed by atoms with van der Waals surface area (Å²) in [5.74, 6) is 0. The number of hydrogen-bond acceptors (Lipinski definition) is 3. The van der Waals surface area contributed by atoms with Crippen molar-refractivity contribution >= 4 is 26.0 Å². The maximum Gasteiger partial charge on any atom is 0.260 e. The highest BCUT2D eigenvalue weighted by molar-refractivity contribution is 9.09. The van der Waals surface area contributed by atoms with E-state index in [0.717, 1.165) is 0 Å². The minimum absolute atomic E-state index is 0.0121. The molecule has 5 nitrogen and oxygen atoms in total. The van der Waals surface area contributed by atoms with Crippen LogP contribution in [0.15, 0.2) is 17.6 Å². The molecule has 98 valence electrons. The first kappa shape index (κ1) is 14.7. The number of rotatable bonds is 5. The van der Waals surface area contributed by atoms with Gasteiger partial charge in [-0.1, -0.05) is 22.9 Å². The van der Waals surface area contributed by atoms with Gasteiger partial charge < -0.3 is 4.57 Å². The van der Waals surface area contributed by atoms with Crippen LogP contribution in [0.3, 0.4) is 0 Å². The van der Waals surface area contributed by atoms with E-state index in [4.69, 9.17) is 0 Å².